The minimum absolute atomic E-state index is 0.0846. The molecule has 1 aromatic heterocycles. The summed E-state index contributed by atoms with van der Waals surface area (Å²) in [5, 5.41) is 1.96. The minimum atomic E-state index is 0.0846. The first-order valence-corrected chi connectivity index (χ1v) is 12.3. The van der Waals surface area contributed by atoms with Crippen molar-refractivity contribution in [2.45, 2.75) is 39.2 Å². The third-order valence-corrected chi connectivity index (χ3v) is 7.10. The molecule has 2 saturated heterocycles. The molecule has 2 fully saturated rings. The van der Waals surface area contributed by atoms with E-state index in [1.54, 1.807) is 30.0 Å². The van der Waals surface area contributed by atoms with E-state index >= 15 is 0 Å². The fourth-order valence-electron chi connectivity index (χ4n) is 4.57. The summed E-state index contributed by atoms with van der Waals surface area (Å²) in [5.74, 6) is 2.71. The summed E-state index contributed by atoms with van der Waals surface area (Å²) in [6.07, 6.45) is 4.88. The van der Waals surface area contributed by atoms with Crippen molar-refractivity contribution in [1.29, 1.82) is 0 Å². The maximum atomic E-state index is 13.2. The fourth-order valence-corrected chi connectivity index (χ4v) is 5.11. The number of hydrogen-bond acceptors (Lipinski definition) is 6. The summed E-state index contributed by atoms with van der Waals surface area (Å²) in [6.45, 7) is 7.92. The molecule has 4 rings (SSSR count). The molecule has 0 spiro atoms. The molecule has 2 aliphatic rings. The average molecular weight is 444 g/mol. The van der Waals surface area contributed by atoms with Crippen molar-refractivity contribution in [3.05, 3.63) is 40.3 Å². The molecule has 31 heavy (non-hydrogen) atoms. The Bertz CT molecular complexity index is 850. The average Bonchev–Trinajstić information content (AvgIpc) is 3.32. The van der Waals surface area contributed by atoms with Crippen LogP contribution in [0.1, 0.15) is 48.7 Å². The van der Waals surface area contributed by atoms with Crippen molar-refractivity contribution < 1.29 is 14.3 Å². The van der Waals surface area contributed by atoms with E-state index in [-0.39, 0.29) is 5.91 Å². The number of ether oxygens (including phenoxy) is 2. The van der Waals surface area contributed by atoms with Gasteiger partial charge in [0.1, 0.15) is 6.61 Å². The largest absolute Gasteiger partial charge is 0.493 e. The van der Waals surface area contributed by atoms with Crippen LogP contribution >= 0.6 is 11.3 Å². The van der Waals surface area contributed by atoms with Crippen LogP contribution in [0, 0.1) is 11.8 Å². The van der Waals surface area contributed by atoms with Gasteiger partial charge in [-0.05, 0) is 68.8 Å². The number of piperidine rings is 2. The first-order chi connectivity index (χ1) is 15.1. The summed E-state index contributed by atoms with van der Waals surface area (Å²) >= 11 is 1.54. The molecule has 7 heteroatoms. The normalized spacial score (nSPS) is 20.6. The Hall–Kier alpha value is -2.12. The van der Waals surface area contributed by atoms with Gasteiger partial charge >= 0.3 is 0 Å². The molecule has 0 bridgehead atoms. The maximum absolute atomic E-state index is 13.2. The number of likely N-dealkylation sites (tertiary alicyclic amines) is 2. The topological polar surface area (TPSA) is 54.9 Å². The van der Waals surface area contributed by atoms with Gasteiger partial charge in [-0.15, -0.1) is 11.3 Å². The molecular formula is C24H33N3O3S. The molecule has 6 nitrogen and oxygen atoms in total. The zero-order valence-electron chi connectivity index (χ0n) is 18.6. The summed E-state index contributed by atoms with van der Waals surface area (Å²) in [7, 11) is 1.61. The highest BCUT2D eigenvalue weighted by atomic mass is 32.1. The third-order valence-electron chi connectivity index (χ3n) is 6.47. The molecule has 2 aromatic rings. The second kappa shape index (κ2) is 10.5. The summed E-state index contributed by atoms with van der Waals surface area (Å²) in [5.41, 5.74) is 3.33. The SMILES string of the molecule is COc1cc(C(=O)N2CCCC(CN3CCC(C)CC3)C2)ccc1OCc1cscn1. The van der Waals surface area contributed by atoms with Gasteiger partial charge in [-0.25, -0.2) is 4.98 Å². The molecule has 0 radical (unpaired) electrons. The van der Waals surface area contributed by atoms with E-state index in [0.717, 1.165) is 37.7 Å². The zero-order valence-corrected chi connectivity index (χ0v) is 19.4. The van der Waals surface area contributed by atoms with Gasteiger partial charge in [0.05, 0.1) is 18.3 Å². The molecule has 2 aliphatic heterocycles. The number of amides is 1. The highest BCUT2D eigenvalue weighted by Crippen LogP contribution is 2.30. The number of carbonyl (C=O) groups is 1. The summed E-state index contributed by atoms with van der Waals surface area (Å²) in [4.78, 5) is 22.1. The maximum Gasteiger partial charge on any atom is 0.254 e. The predicted octanol–water partition coefficient (Wildman–Crippen LogP) is 4.31. The van der Waals surface area contributed by atoms with Crippen LogP contribution in [0.5, 0.6) is 11.5 Å². The van der Waals surface area contributed by atoms with E-state index in [1.165, 1.54) is 32.4 Å². The Morgan fingerprint density at radius 2 is 2.03 bits per heavy atom. The monoisotopic (exact) mass is 443 g/mol. The molecule has 3 heterocycles. The van der Waals surface area contributed by atoms with Crippen LogP contribution in [0.3, 0.4) is 0 Å². The van der Waals surface area contributed by atoms with Crippen molar-refractivity contribution >= 4 is 17.2 Å². The lowest BCUT2D eigenvalue weighted by Gasteiger charge is -2.38. The van der Waals surface area contributed by atoms with E-state index < -0.39 is 0 Å². The number of benzene rings is 1. The van der Waals surface area contributed by atoms with Crippen LogP contribution in [-0.2, 0) is 6.61 Å². The number of hydrogen-bond donors (Lipinski definition) is 0. The van der Waals surface area contributed by atoms with Crippen LogP contribution in [-0.4, -0.2) is 60.5 Å². The Morgan fingerprint density at radius 1 is 1.19 bits per heavy atom. The van der Waals surface area contributed by atoms with Gasteiger partial charge in [0.15, 0.2) is 11.5 Å². The van der Waals surface area contributed by atoms with Gasteiger partial charge in [0, 0.05) is 30.6 Å². The van der Waals surface area contributed by atoms with E-state index in [0.29, 0.717) is 29.6 Å². The molecule has 0 aliphatic carbocycles. The second-order valence-electron chi connectivity index (χ2n) is 8.88. The van der Waals surface area contributed by atoms with Crippen molar-refractivity contribution in [1.82, 2.24) is 14.8 Å². The smallest absolute Gasteiger partial charge is 0.254 e. The number of rotatable bonds is 7. The zero-order chi connectivity index (χ0) is 21.6. The summed E-state index contributed by atoms with van der Waals surface area (Å²) in [6, 6.07) is 5.47. The number of carbonyl (C=O) groups excluding carboxylic acids is 1. The number of nitrogens with zero attached hydrogens (tertiary/aromatic N) is 3. The predicted molar refractivity (Wildman–Crippen MR) is 123 cm³/mol. The van der Waals surface area contributed by atoms with Gasteiger partial charge in [0.25, 0.3) is 5.91 Å². The highest BCUT2D eigenvalue weighted by Gasteiger charge is 2.27. The lowest BCUT2D eigenvalue weighted by Crippen LogP contribution is -2.45. The van der Waals surface area contributed by atoms with Crippen LogP contribution in [0.25, 0.3) is 0 Å². The molecule has 1 atom stereocenters. The van der Waals surface area contributed by atoms with Gasteiger partial charge in [-0.1, -0.05) is 6.92 Å². The van der Waals surface area contributed by atoms with Crippen LogP contribution in [0.15, 0.2) is 29.1 Å². The quantitative estimate of drug-likeness (QED) is 0.638. The Balaban J connectivity index is 1.36. The molecular weight excluding hydrogens is 410 g/mol. The third kappa shape index (κ3) is 5.77. The highest BCUT2D eigenvalue weighted by molar-refractivity contribution is 7.07. The minimum Gasteiger partial charge on any atom is -0.493 e. The first kappa shape index (κ1) is 22.1. The van der Waals surface area contributed by atoms with Gasteiger partial charge in [0.2, 0.25) is 0 Å². The van der Waals surface area contributed by atoms with E-state index in [9.17, 15) is 4.79 Å². The van der Waals surface area contributed by atoms with E-state index in [2.05, 4.69) is 16.8 Å². The number of thiazole rings is 1. The number of methoxy groups -OCH3 is 1. The van der Waals surface area contributed by atoms with Gasteiger partial charge < -0.3 is 19.3 Å². The van der Waals surface area contributed by atoms with E-state index in [4.69, 9.17) is 9.47 Å². The van der Waals surface area contributed by atoms with Crippen molar-refractivity contribution in [3.63, 3.8) is 0 Å². The lowest BCUT2D eigenvalue weighted by atomic mass is 9.94. The van der Waals surface area contributed by atoms with Crippen molar-refractivity contribution in [2.24, 2.45) is 11.8 Å². The Morgan fingerprint density at radius 3 is 2.77 bits per heavy atom. The van der Waals surface area contributed by atoms with Gasteiger partial charge in [-0.2, -0.15) is 0 Å². The van der Waals surface area contributed by atoms with Crippen LogP contribution < -0.4 is 9.47 Å². The molecule has 1 unspecified atom stereocenters. The van der Waals surface area contributed by atoms with Gasteiger partial charge in [-0.3, -0.25) is 4.79 Å². The van der Waals surface area contributed by atoms with Crippen molar-refractivity contribution in [3.8, 4) is 11.5 Å². The lowest BCUT2D eigenvalue weighted by molar-refractivity contribution is 0.0622. The molecule has 1 amide bonds. The molecule has 0 saturated carbocycles. The van der Waals surface area contributed by atoms with E-state index in [1.807, 2.05) is 22.4 Å². The Labute approximate surface area is 189 Å². The first-order valence-electron chi connectivity index (χ1n) is 11.3. The van der Waals surface area contributed by atoms with Crippen LogP contribution in [0.2, 0.25) is 0 Å². The summed E-state index contributed by atoms with van der Waals surface area (Å²) < 4.78 is 11.4. The second-order valence-corrected chi connectivity index (χ2v) is 9.60. The fraction of sp³-hybridized carbons (Fsp3) is 0.583. The molecule has 168 valence electrons. The number of aromatic nitrogens is 1. The molecule has 0 N–H and O–H groups in total. The van der Waals surface area contributed by atoms with Crippen LogP contribution in [0.4, 0.5) is 0 Å². The standard InChI is InChI=1S/C24H33N3O3S/c1-18-7-10-26(11-8-18)13-19-4-3-9-27(14-19)24(28)20-5-6-22(23(12-20)29-2)30-15-21-16-31-17-25-21/h5-6,12,16-19H,3-4,7-11,13-15H2,1-2H3. The van der Waals surface area contributed by atoms with Crippen molar-refractivity contribution in [2.75, 3.05) is 39.8 Å². The Kier molecular flexibility index (Phi) is 7.45. The molecule has 1 aromatic carbocycles.